The molecule has 0 aliphatic carbocycles. The molecule has 150 valence electrons. The minimum Gasteiger partial charge on any atom is -0.321 e. The number of hydrogen-bond donors (Lipinski definition) is 1. The minimum atomic E-state index is -0.421. The molecule has 4 rings (SSSR count). The van der Waals surface area contributed by atoms with Gasteiger partial charge in [-0.1, -0.05) is 18.2 Å². The lowest BCUT2D eigenvalue weighted by Gasteiger charge is -2.23. The van der Waals surface area contributed by atoms with Crippen molar-refractivity contribution in [1.82, 2.24) is 4.98 Å². The third-order valence-electron chi connectivity index (χ3n) is 5.21. The molecule has 1 N–H and O–H groups in total. The van der Waals surface area contributed by atoms with Gasteiger partial charge >= 0.3 is 0 Å². The molecule has 0 fully saturated rings. The summed E-state index contributed by atoms with van der Waals surface area (Å²) in [6.07, 6.45) is 2.27. The quantitative estimate of drug-likeness (QED) is 0.669. The van der Waals surface area contributed by atoms with Gasteiger partial charge < -0.3 is 10.2 Å². The Morgan fingerprint density at radius 2 is 1.73 bits per heavy atom. The number of pyridine rings is 1. The smallest absolute Gasteiger partial charge is 0.274 e. The van der Waals surface area contributed by atoms with Crippen molar-refractivity contribution < 1.29 is 14.4 Å². The Morgan fingerprint density at radius 1 is 1.00 bits per heavy atom. The van der Waals surface area contributed by atoms with E-state index in [1.165, 1.54) is 19.2 Å². The molecular formula is C24H21N3O3. The van der Waals surface area contributed by atoms with Gasteiger partial charge in [-0.15, -0.1) is 0 Å². The SMILES string of the molecule is CC(=O)c1ccc(NC(=O)c2cc(C(=O)N3c4ccccc4CC3C)ccn2)cc1. The van der Waals surface area contributed by atoms with Crippen molar-refractivity contribution in [1.29, 1.82) is 0 Å². The fourth-order valence-corrected chi connectivity index (χ4v) is 3.69. The number of anilines is 2. The molecule has 3 aromatic rings. The highest BCUT2D eigenvalue weighted by molar-refractivity contribution is 6.10. The molecule has 0 bridgehead atoms. The molecule has 1 atom stereocenters. The highest BCUT2D eigenvalue weighted by Gasteiger charge is 2.31. The monoisotopic (exact) mass is 399 g/mol. The van der Waals surface area contributed by atoms with Crippen LogP contribution in [-0.2, 0) is 6.42 Å². The van der Waals surface area contributed by atoms with Crippen molar-refractivity contribution in [2.45, 2.75) is 26.3 Å². The van der Waals surface area contributed by atoms with E-state index in [9.17, 15) is 14.4 Å². The topological polar surface area (TPSA) is 79.4 Å². The van der Waals surface area contributed by atoms with Crippen LogP contribution in [0.4, 0.5) is 11.4 Å². The summed E-state index contributed by atoms with van der Waals surface area (Å²) in [5.74, 6) is -0.622. The lowest BCUT2D eigenvalue weighted by molar-refractivity contribution is 0.0979. The zero-order chi connectivity index (χ0) is 21.3. The van der Waals surface area contributed by atoms with Gasteiger partial charge in [-0.3, -0.25) is 19.4 Å². The van der Waals surface area contributed by atoms with E-state index in [0.29, 0.717) is 16.8 Å². The third-order valence-corrected chi connectivity index (χ3v) is 5.21. The molecule has 2 heterocycles. The van der Waals surface area contributed by atoms with Gasteiger partial charge in [0.25, 0.3) is 11.8 Å². The number of carbonyl (C=O) groups is 3. The van der Waals surface area contributed by atoms with Crippen LogP contribution in [0.3, 0.4) is 0 Å². The van der Waals surface area contributed by atoms with Crippen molar-refractivity contribution in [2.75, 3.05) is 10.2 Å². The maximum atomic E-state index is 13.2. The molecule has 1 aliphatic rings. The Hall–Kier alpha value is -3.80. The molecule has 1 aliphatic heterocycles. The van der Waals surface area contributed by atoms with Crippen LogP contribution in [0.5, 0.6) is 0 Å². The highest BCUT2D eigenvalue weighted by Crippen LogP contribution is 2.33. The van der Waals surface area contributed by atoms with Gasteiger partial charge in [0, 0.05) is 34.7 Å². The maximum absolute atomic E-state index is 13.2. The van der Waals surface area contributed by atoms with Gasteiger partial charge in [0.15, 0.2) is 5.78 Å². The molecule has 2 amide bonds. The number of aromatic nitrogens is 1. The largest absolute Gasteiger partial charge is 0.321 e. The highest BCUT2D eigenvalue weighted by atomic mass is 16.2. The average Bonchev–Trinajstić information content (AvgIpc) is 3.09. The Kier molecular flexibility index (Phi) is 5.14. The fourth-order valence-electron chi connectivity index (χ4n) is 3.69. The molecule has 0 saturated heterocycles. The molecule has 0 radical (unpaired) electrons. The van der Waals surface area contributed by atoms with Gasteiger partial charge in [-0.05, 0) is 68.3 Å². The Bertz CT molecular complexity index is 1140. The second-order valence-electron chi connectivity index (χ2n) is 7.37. The summed E-state index contributed by atoms with van der Waals surface area (Å²) in [4.78, 5) is 43.1. The Morgan fingerprint density at radius 3 is 2.47 bits per heavy atom. The van der Waals surface area contributed by atoms with E-state index < -0.39 is 5.91 Å². The standard InChI is InChI=1S/C24H21N3O3/c1-15-13-18-5-3-4-6-22(18)27(15)24(30)19-11-12-25-21(14-19)23(29)26-20-9-7-17(8-10-20)16(2)28/h3-12,14-15H,13H2,1-2H3,(H,26,29). The van der Waals surface area contributed by atoms with E-state index in [2.05, 4.69) is 10.3 Å². The molecule has 1 unspecified atom stereocenters. The zero-order valence-corrected chi connectivity index (χ0v) is 16.8. The normalized spacial score (nSPS) is 14.9. The first-order chi connectivity index (χ1) is 14.4. The molecular weight excluding hydrogens is 378 g/mol. The van der Waals surface area contributed by atoms with E-state index in [0.717, 1.165) is 17.7 Å². The van der Waals surface area contributed by atoms with E-state index >= 15 is 0 Å². The van der Waals surface area contributed by atoms with Gasteiger partial charge in [0.05, 0.1) is 0 Å². The van der Waals surface area contributed by atoms with E-state index in [1.807, 2.05) is 31.2 Å². The number of amides is 2. The van der Waals surface area contributed by atoms with Crippen LogP contribution >= 0.6 is 0 Å². The molecule has 0 saturated carbocycles. The molecule has 6 heteroatoms. The van der Waals surface area contributed by atoms with Crippen molar-refractivity contribution in [2.24, 2.45) is 0 Å². The average molecular weight is 399 g/mol. The second kappa shape index (κ2) is 7.91. The first-order valence-electron chi connectivity index (χ1n) is 9.74. The summed E-state index contributed by atoms with van der Waals surface area (Å²) in [5, 5.41) is 2.75. The third kappa shape index (κ3) is 3.72. The lowest BCUT2D eigenvalue weighted by atomic mass is 10.1. The summed E-state index contributed by atoms with van der Waals surface area (Å²) in [7, 11) is 0. The predicted molar refractivity (Wildman–Crippen MR) is 115 cm³/mol. The fraction of sp³-hybridized carbons (Fsp3) is 0.167. The van der Waals surface area contributed by atoms with Crippen molar-refractivity contribution >= 4 is 29.0 Å². The van der Waals surface area contributed by atoms with Gasteiger partial charge in [-0.2, -0.15) is 0 Å². The number of rotatable bonds is 4. The lowest BCUT2D eigenvalue weighted by Crippen LogP contribution is -2.35. The first-order valence-corrected chi connectivity index (χ1v) is 9.74. The predicted octanol–water partition coefficient (Wildman–Crippen LogP) is 4.13. The van der Waals surface area contributed by atoms with Crippen molar-refractivity contribution in [3.8, 4) is 0 Å². The molecule has 0 spiro atoms. The van der Waals surface area contributed by atoms with Gasteiger partial charge in [0.2, 0.25) is 0 Å². The summed E-state index contributed by atoms with van der Waals surface area (Å²) in [6.45, 7) is 3.50. The maximum Gasteiger partial charge on any atom is 0.274 e. The number of carbonyl (C=O) groups excluding carboxylic acids is 3. The summed E-state index contributed by atoms with van der Waals surface area (Å²) in [6, 6.07) is 17.6. The van der Waals surface area contributed by atoms with Crippen LogP contribution < -0.4 is 10.2 Å². The van der Waals surface area contributed by atoms with Gasteiger partial charge in [-0.25, -0.2) is 0 Å². The molecule has 30 heavy (non-hydrogen) atoms. The molecule has 6 nitrogen and oxygen atoms in total. The van der Waals surface area contributed by atoms with Crippen molar-refractivity contribution in [3.63, 3.8) is 0 Å². The van der Waals surface area contributed by atoms with E-state index in [4.69, 9.17) is 0 Å². The summed E-state index contributed by atoms with van der Waals surface area (Å²) >= 11 is 0. The minimum absolute atomic E-state index is 0.0418. The van der Waals surface area contributed by atoms with E-state index in [-0.39, 0.29) is 23.4 Å². The Labute approximate surface area is 174 Å². The first kappa shape index (κ1) is 19.5. The number of Topliss-reactive ketones (excluding diaryl/α,β-unsaturated/α-hetero) is 1. The van der Waals surface area contributed by atoms with Gasteiger partial charge in [0.1, 0.15) is 5.69 Å². The Balaban J connectivity index is 1.54. The number of nitrogens with zero attached hydrogens (tertiary/aromatic N) is 2. The molecule has 1 aromatic heterocycles. The van der Waals surface area contributed by atoms with Crippen LogP contribution in [0.2, 0.25) is 0 Å². The number of fused-ring (bicyclic) bond motifs is 1. The van der Waals surface area contributed by atoms with E-state index in [1.54, 1.807) is 35.2 Å². The van der Waals surface area contributed by atoms with Crippen LogP contribution in [-0.4, -0.2) is 28.6 Å². The van der Waals surface area contributed by atoms with Crippen LogP contribution in [0.1, 0.15) is 50.6 Å². The number of nitrogens with one attached hydrogen (secondary N) is 1. The van der Waals surface area contributed by atoms with Crippen LogP contribution in [0.15, 0.2) is 66.9 Å². The number of hydrogen-bond acceptors (Lipinski definition) is 4. The second-order valence-corrected chi connectivity index (χ2v) is 7.37. The van der Waals surface area contributed by atoms with Crippen LogP contribution in [0.25, 0.3) is 0 Å². The zero-order valence-electron chi connectivity index (χ0n) is 16.8. The summed E-state index contributed by atoms with van der Waals surface area (Å²) in [5.41, 5.74) is 3.72. The summed E-state index contributed by atoms with van der Waals surface area (Å²) < 4.78 is 0. The number of ketones is 1. The number of benzene rings is 2. The van der Waals surface area contributed by atoms with Crippen LogP contribution in [0, 0.1) is 0 Å². The van der Waals surface area contributed by atoms with Crippen molar-refractivity contribution in [3.05, 3.63) is 89.2 Å². The number of para-hydroxylation sites is 1. The molecule has 2 aromatic carbocycles.